The molecule has 1 unspecified atom stereocenters. The maximum Gasteiger partial charge on any atom is 0.258 e. The van der Waals surface area contributed by atoms with E-state index in [2.05, 4.69) is 20.5 Å². The highest BCUT2D eigenvalue weighted by molar-refractivity contribution is 6.35. The molecule has 0 aliphatic rings. The van der Waals surface area contributed by atoms with Gasteiger partial charge in [-0.3, -0.25) is 9.59 Å². The molecular formula is C25H20Cl2N4O5. The predicted octanol–water partition coefficient (Wildman–Crippen LogP) is 6.32. The summed E-state index contributed by atoms with van der Waals surface area (Å²) in [6, 6.07) is 13.3. The maximum atomic E-state index is 12.7. The summed E-state index contributed by atoms with van der Waals surface area (Å²) < 4.78 is 10.7. The van der Waals surface area contributed by atoms with E-state index in [4.69, 9.17) is 32.7 Å². The van der Waals surface area contributed by atoms with Crippen molar-refractivity contribution in [3.63, 3.8) is 0 Å². The summed E-state index contributed by atoms with van der Waals surface area (Å²) in [5.41, 5.74) is 2.41. The van der Waals surface area contributed by atoms with Crippen LogP contribution in [0.4, 0.5) is 17.1 Å². The third kappa shape index (κ3) is 6.34. The number of ketones is 1. The van der Waals surface area contributed by atoms with Crippen molar-refractivity contribution in [1.29, 1.82) is 0 Å². The van der Waals surface area contributed by atoms with Crippen LogP contribution < -0.4 is 14.8 Å². The van der Waals surface area contributed by atoms with E-state index >= 15 is 0 Å². The number of halogens is 2. The van der Waals surface area contributed by atoms with Crippen LogP contribution in [0.5, 0.6) is 11.5 Å². The molecule has 0 spiro atoms. The molecule has 3 aromatic rings. The van der Waals surface area contributed by atoms with Gasteiger partial charge in [-0.2, -0.15) is 15.2 Å². The molecule has 0 bridgehead atoms. The molecule has 0 fully saturated rings. The molecule has 0 heterocycles. The minimum atomic E-state index is -1.42. The molecule has 0 saturated heterocycles. The Balaban J connectivity index is 1.87. The van der Waals surface area contributed by atoms with Gasteiger partial charge in [-0.05, 0) is 60.5 Å². The zero-order valence-corrected chi connectivity index (χ0v) is 20.9. The molecule has 3 rings (SSSR count). The topological polar surface area (TPSA) is 119 Å². The van der Waals surface area contributed by atoms with Crippen molar-refractivity contribution in [2.24, 2.45) is 15.2 Å². The average molecular weight is 527 g/mol. The molecule has 36 heavy (non-hydrogen) atoms. The summed E-state index contributed by atoms with van der Waals surface area (Å²) in [7, 11) is 2.92. The van der Waals surface area contributed by atoms with E-state index in [9.17, 15) is 14.4 Å². The molecule has 1 atom stereocenters. The second-order valence-electron chi connectivity index (χ2n) is 7.32. The van der Waals surface area contributed by atoms with Gasteiger partial charge >= 0.3 is 0 Å². The number of hydrogen-bond donors (Lipinski definition) is 1. The lowest BCUT2D eigenvalue weighted by atomic mass is 10.0. The van der Waals surface area contributed by atoms with Gasteiger partial charge in [-0.25, -0.2) is 4.79 Å². The third-order valence-corrected chi connectivity index (χ3v) is 5.52. The van der Waals surface area contributed by atoms with Crippen LogP contribution in [-0.4, -0.2) is 38.0 Å². The first-order chi connectivity index (χ1) is 17.3. The Bertz CT molecular complexity index is 1390. The molecule has 3 aromatic carbocycles. The van der Waals surface area contributed by atoms with E-state index in [1.807, 2.05) is 0 Å². The Kier molecular flexibility index (Phi) is 8.91. The van der Waals surface area contributed by atoms with E-state index in [-0.39, 0.29) is 10.7 Å². The van der Waals surface area contributed by atoms with Gasteiger partial charge in [-0.1, -0.05) is 35.3 Å². The maximum absolute atomic E-state index is 12.7. The van der Waals surface area contributed by atoms with Gasteiger partial charge in [0.2, 0.25) is 12.1 Å². The number of carbonyl (C=O) groups excluding carboxylic acids is 3. The van der Waals surface area contributed by atoms with Crippen LogP contribution in [0.15, 0.2) is 69.8 Å². The SMILES string of the molecule is COc1cc(-c2ccc(N=NC(C(C)=O)C(=O)Nc3cc(Cl)ccc3Cl)c(OC)c2)ccc1N=C=O. The number of nitrogens with zero attached hydrogens (tertiary/aromatic N) is 3. The molecule has 0 aliphatic carbocycles. The Morgan fingerprint density at radius 1 is 0.917 bits per heavy atom. The molecule has 9 nitrogen and oxygen atoms in total. The number of ether oxygens (including phenoxy) is 2. The van der Waals surface area contributed by atoms with Crippen molar-refractivity contribution in [2.75, 3.05) is 19.5 Å². The van der Waals surface area contributed by atoms with E-state index in [1.54, 1.807) is 42.5 Å². The first kappa shape index (κ1) is 26.6. The quantitative estimate of drug-likeness (QED) is 0.151. The molecule has 1 N–H and O–H groups in total. The predicted molar refractivity (Wildman–Crippen MR) is 137 cm³/mol. The van der Waals surface area contributed by atoms with Gasteiger partial charge in [-0.15, -0.1) is 0 Å². The largest absolute Gasteiger partial charge is 0.494 e. The number of anilines is 1. The van der Waals surface area contributed by atoms with Crippen LogP contribution >= 0.6 is 23.2 Å². The summed E-state index contributed by atoms with van der Waals surface area (Å²) in [4.78, 5) is 39.0. The van der Waals surface area contributed by atoms with Crippen LogP contribution in [0.2, 0.25) is 10.0 Å². The lowest BCUT2D eigenvalue weighted by molar-refractivity contribution is -0.126. The van der Waals surface area contributed by atoms with Gasteiger partial charge in [0.15, 0.2) is 5.78 Å². The molecule has 1 amide bonds. The normalized spacial score (nSPS) is 11.5. The number of carbonyl (C=O) groups is 2. The molecule has 0 saturated carbocycles. The fourth-order valence-electron chi connectivity index (χ4n) is 3.17. The number of azo groups is 1. The number of amides is 1. The van der Waals surface area contributed by atoms with Crippen LogP contribution in [0.1, 0.15) is 6.92 Å². The first-order valence-corrected chi connectivity index (χ1v) is 11.1. The third-order valence-electron chi connectivity index (χ3n) is 4.96. The number of aliphatic imine (C=N–C) groups is 1. The lowest BCUT2D eigenvalue weighted by Crippen LogP contribution is -2.31. The second-order valence-corrected chi connectivity index (χ2v) is 8.16. The number of benzene rings is 3. The summed E-state index contributed by atoms with van der Waals surface area (Å²) in [5.74, 6) is -0.481. The second kappa shape index (κ2) is 12.1. The van der Waals surface area contributed by atoms with E-state index in [0.717, 1.165) is 11.1 Å². The number of hydrogen-bond acceptors (Lipinski definition) is 8. The zero-order chi connectivity index (χ0) is 26.2. The smallest absolute Gasteiger partial charge is 0.258 e. The highest BCUT2D eigenvalue weighted by atomic mass is 35.5. The zero-order valence-electron chi connectivity index (χ0n) is 19.4. The Morgan fingerprint density at radius 3 is 2.11 bits per heavy atom. The summed E-state index contributed by atoms with van der Waals surface area (Å²) in [6.07, 6.45) is 1.49. The first-order valence-electron chi connectivity index (χ1n) is 10.4. The highest BCUT2D eigenvalue weighted by Crippen LogP contribution is 2.37. The van der Waals surface area contributed by atoms with Gasteiger partial charge in [0.05, 0.1) is 24.9 Å². The molecule has 0 aromatic heterocycles. The van der Waals surface area contributed by atoms with Crippen LogP contribution in [0.3, 0.4) is 0 Å². The Labute approximate surface area is 216 Å². The van der Waals surface area contributed by atoms with Crippen LogP contribution in [0.25, 0.3) is 11.1 Å². The Hall–Kier alpha value is -4.04. The van der Waals surface area contributed by atoms with Gasteiger partial charge in [0, 0.05) is 5.02 Å². The minimum Gasteiger partial charge on any atom is -0.494 e. The fourth-order valence-corrected chi connectivity index (χ4v) is 3.51. The molecule has 0 radical (unpaired) electrons. The molecular weight excluding hydrogens is 507 g/mol. The number of isocyanates is 1. The van der Waals surface area contributed by atoms with Gasteiger partial charge < -0.3 is 14.8 Å². The number of methoxy groups -OCH3 is 2. The Morgan fingerprint density at radius 2 is 1.53 bits per heavy atom. The van der Waals surface area contributed by atoms with Crippen LogP contribution in [-0.2, 0) is 14.4 Å². The monoisotopic (exact) mass is 526 g/mol. The molecule has 11 heteroatoms. The summed E-state index contributed by atoms with van der Waals surface area (Å²) in [5, 5.41) is 11.2. The molecule has 0 aliphatic heterocycles. The van der Waals surface area contributed by atoms with E-state index in [1.165, 1.54) is 39.4 Å². The van der Waals surface area contributed by atoms with Crippen molar-refractivity contribution in [1.82, 2.24) is 0 Å². The number of Topliss-reactive ketones (excluding diaryl/α,β-unsaturated/α-hetero) is 1. The van der Waals surface area contributed by atoms with Crippen molar-refractivity contribution >= 4 is 58.0 Å². The van der Waals surface area contributed by atoms with E-state index < -0.39 is 17.7 Å². The van der Waals surface area contributed by atoms with E-state index in [0.29, 0.717) is 27.9 Å². The number of nitrogens with one attached hydrogen (secondary N) is 1. The summed E-state index contributed by atoms with van der Waals surface area (Å²) >= 11 is 12.0. The number of rotatable bonds is 9. The van der Waals surface area contributed by atoms with Gasteiger partial charge in [0.25, 0.3) is 5.91 Å². The van der Waals surface area contributed by atoms with Crippen molar-refractivity contribution < 1.29 is 23.9 Å². The van der Waals surface area contributed by atoms with Gasteiger partial charge in [0.1, 0.15) is 22.9 Å². The van der Waals surface area contributed by atoms with Crippen molar-refractivity contribution in [3.05, 3.63) is 64.6 Å². The minimum absolute atomic E-state index is 0.248. The average Bonchev–Trinajstić information content (AvgIpc) is 2.86. The van der Waals surface area contributed by atoms with Crippen molar-refractivity contribution in [2.45, 2.75) is 13.0 Å². The van der Waals surface area contributed by atoms with Crippen LogP contribution in [0, 0.1) is 0 Å². The molecule has 184 valence electrons. The lowest BCUT2D eigenvalue weighted by Gasteiger charge is -2.12. The summed E-state index contributed by atoms with van der Waals surface area (Å²) in [6.45, 7) is 1.23. The highest BCUT2D eigenvalue weighted by Gasteiger charge is 2.24. The van der Waals surface area contributed by atoms with Crippen molar-refractivity contribution in [3.8, 4) is 22.6 Å². The standard InChI is InChI=1S/C25H20Cl2N4O5/c1-14(33)24(25(34)29-21-12-17(26)6-7-18(21)27)31-30-20-9-5-16(11-23(20)36-3)15-4-8-19(28-13-32)22(10-15)35-2/h4-12,24H,1-3H3,(H,29,34). The fraction of sp³-hybridized carbons (Fsp3) is 0.160.